The van der Waals surface area contributed by atoms with Gasteiger partial charge in [0.15, 0.2) is 12.2 Å². The number of rotatable bonds is 10. The third kappa shape index (κ3) is 6.80. The number of esters is 1. The molecule has 0 heterocycles. The van der Waals surface area contributed by atoms with Crippen molar-refractivity contribution in [3.05, 3.63) is 0 Å². The smallest absolute Gasteiger partial charge is 0.337 e. The number of amides is 1. The summed E-state index contributed by atoms with van der Waals surface area (Å²) in [6, 6.07) is 0. The molecule has 0 bridgehead atoms. The highest BCUT2D eigenvalue weighted by Crippen LogP contribution is 2.06. The molecule has 0 saturated heterocycles. The molecule has 1 amide bonds. The number of methoxy groups -OCH3 is 1. The van der Waals surface area contributed by atoms with Gasteiger partial charge in [0.25, 0.3) is 5.91 Å². The van der Waals surface area contributed by atoms with Crippen LogP contribution in [0.4, 0.5) is 0 Å². The Kier molecular flexibility index (Phi) is 9.78. The minimum atomic E-state index is -2.08. The topological polar surface area (TPSA) is 172 Å². The molecule has 0 unspecified atom stereocenters. The van der Waals surface area contributed by atoms with E-state index in [2.05, 4.69) is 15.4 Å². The second-order valence-corrected chi connectivity index (χ2v) is 4.19. The van der Waals surface area contributed by atoms with Gasteiger partial charge in [-0.15, -0.1) is 0 Å². The molecular weight excluding hydrogens is 286 g/mol. The van der Waals surface area contributed by atoms with Crippen molar-refractivity contribution in [3.63, 3.8) is 0 Å². The van der Waals surface area contributed by atoms with Gasteiger partial charge in [-0.2, -0.15) is 0 Å². The Morgan fingerprint density at radius 3 is 2.14 bits per heavy atom. The normalized spacial score (nSPS) is 16.7. The second-order valence-electron chi connectivity index (χ2n) is 4.19. The predicted octanol–water partition coefficient (Wildman–Crippen LogP) is -4.41. The summed E-state index contributed by atoms with van der Waals surface area (Å²) in [5.74, 6) is -2.17. The van der Waals surface area contributed by atoms with Gasteiger partial charge in [0.2, 0.25) is 0 Å². The molecule has 1 radical (unpaired) electrons. The minimum absolute atomic E-state index is 0.137. The molecule has 7 N–H and O–H groups in total. The van der Waals surface area contributed by atoms with Crippen LogP contribution in [0.1, 0.15) is 0 Å². The van der Waals surface area contributed by atoms with Gasteiger partial charge in [0.05, 0.1) is 7.11 Å². The molecule has 0 aromatic rings. The summed E-state index contributed by atoms with van der Waals surface area (Å²) in [5.41, 5.74) is 6.87. The van der Waals surface area contributed by atoms with Gasteiger partial charge in [-0.25, -0.2) is 4.79 Å². The third-order valence-corrected chi connectivity index (χ3v) is 2.61. The van der Waals surface area contributed by atoms with E-state index in [0.29, 0.717) is 13.1 Å². The first kappa shape index (κ1) is 19.7. The second kappa shape index (κ2) is 10.4. The SMILES string of the molecule is COC(=O)[C@H](O)[C@H](O)[C@H](O)[C@H](O)C(=O)NCCNCC[NH]. The van der Waals surface area contributed by atoms with Crippen molar-refractivity contribution in [1.82, 2.24) is 16.4 Å². The van der Waals surface area contributed by atoms with Crippen LogP contribution in [-0.2, 0) is 14.3 Å². The van der Waals surface area contributed by atoms with Gasteiger partial charge < -0.3 is 35.8 Å². The zero-order valence-corrected chi connectivity index (χ0v) is 11.7. The first-order chi connectivity index (χ1) is 9.86. The Morgan fingerprint density at radius 2 is 1.62 bits per heavy atom. The van der Waals surface area contributed by atoms with E-state index in [9.17, 15) is 30.0 Å². The molecule has 0 spiro atoms. The van der Waals surface area contributed by atoms with Crippen LogP contribution in [0, 0.1) is 0 Å². The van der Waals surface area contributed by atoms with Crippen LogP contribution in [0.2, 0.25) is 0 Å². The molecule has 0 aromatic heterocycles. The number of nitrogens with one attached hydrogen (secondary N) is 3. The van der Waals surface area contributed by atoms with E-state index in [4.69, 9.17) is 5.73 Å². The fraction of sp³-hybridized carbons (Fsp3) is 0.818. The van der Waals surface area contributed by atoms with Crippen molar-refractivity contribution in [3.8, 4) is 0 Å². The number of aliphatic hydroxyl groups excluding tert-OH is 4. The lowest BCUT2D eigenvalue weighted by molar-refractivity contribution is -0.169. The molecule has 21 heavy (non-hydrogen) atoms. The highest BCUT2D eigenvalue weighted by molar-refractivity contribution is 5.81. The molecule has 10 nitrogen and oxygen atoms in total. The van der Waals surface area contributed by atoms with Crippen LogP contribution >= 0.6 is 0 Å². The first-order valence-corrected chi connectivity index (χ1v) is 6.29. The Morgan fingerprint density at radius 1 is 1.05 bits per heavy atom. The number of hydrogen-bond donors (Lipinski definition) is 6. The Balaban J connectivity index is 4.25. The summed E-state index contributed by atoms with van der Waals surface area (Å²) < 4.78 is 4.16. The summed E-state index contributed by atoms with van der Waals surface area (Å²) >= 11 is 0. The van der Waals surface area contributed by atoms with Crippen LogP contribution < -0.4 is 16.4 Å². The van der Waals surface area contributed by atoms with Gasteiger partial charge in [0.1, 0.15) is 12.2 Å². The third-order valence-electron chi connectivity index (χ3n) is 2.61. The van der Waals surface area contributed by atoms with E-state index >= 15 is 0 Å². The molecular formula is C11H22N3O7. The van der Waals surface area contributed by atoms with E-state index in [1.165, 1.54) is 0 Å². The lowest BCUT2D eigenvalue weighted by Crippen LogP contribution is -2.53. The van der Waals surface area contributed by atoms with Crippen molar-refractivity contribution < 1.29 is 34.8 Å². The molecule has 10 heteroatoms. The van der Waals surface area contributed by atoms with Crippen molar-refractivity contribution >= 4 is 11.9 Å². The molecule has 4 atom stereocenters. The van der Waals surface area contributed by atoms with E-state index < -0.39 is 36.3 Å². The molecule has 0 saturated carbocycles. The Labute approximate surface area is 121 Å². The maximum absolute atomic E-state index is 11.5. The molecule has 0 aromatic carbocycles. The van der Waals surface area contributed by atoms with Crippen LogP contribution in [0.3, 0.4) is 0 Å². The van der Waals surface area contributed by atoms with Crippen molar-refractivity contribution in [2.24, 2.45) is 0 Å². The predicted molar refractivity (Wildman–Crippen MR) is 69.9 cm³/mol. The summed E-state index contributed by atoms with van der Waals surface area (Å²) in [5, 5.41) is 43.0. The Bertz CT molecular complexity index is 329. The highest BCUT2D eigenvalue weighted by atomic mass is 16.5. The summed E-state index contributed by atoms with van der Waals surface area (Å²) in [6.45, 7) is 1.14. The van der Waals surface area contributed by atoms with Crippen molar-refractivity contribution in [1.29, 1.82) is 0 Å². The average molecular weight is 308 g/mol. The summed E-state index contributed by atoms with van der Waals surface area (Å²) in [7, 11) is 0.970. The molecule has 123 valence electrons. The van der Waals surface area contributed by atoms with Gasteiger partial charge in [-0.1, -0.05) is 0 Å². The zero-order chi connectivity index (χ0) is 16.4. The van der Waals surface area contributed by atoms with Crippen LogP contribution in [0.5, 0.6) is 0 Å². The van der Waals surface area contributed by atoms with Crippen LogP contribution in [0.25, 0.3) is 0 Å². The quantitative estimate of drug-likeness (QED) is 0.173. The fourth-order valence-corrected chi connectivity index (χ4v) is 1.38. The van der Waals surface area contributed by atoms with E-state index in [0.717, 1.165) is 7.11 Å². The van der Waals surface area contributed by atoms with Gasteiger partial charge in [0, 0.05) is 26.2 Å². The minimum Gasteiger partial charge on any atom is -0.467 e. The van der Waals surface area contributed by atoms with Crippen LogP contribution in [-0.4, -0.2) is 90.0 Å². The molecule has 0 rings (SSSR count). The maximum atomic E-state index is 11.5. The zero-order valence-electron chi connectivity index (χ0n) is 11.7. The first-order valence-electron chi connectivity index (χ1n) is 6.29. The highest BCUT2D eigenvalue weighted by Gasteiger charge is 2.37. The molecule has 0 fully saturated rings. The van der Waals surface area contributed by atoms with Crippen LogP contribution in [0.15, 0.2) is 0 Å². The number of hydrogen-bond acceptors (Lipinski definition) is 8. The summed E-state index contributed by atoms with van der Waals surface area (Å²) in [6.07, 6.45) is -8.22. The lowest BCUT2D eigenvalue weighted by Gasteiger charge is -2.24. The fourth-order valence-electron chi connectivity index (χ4n) is 1.38. The number of carbonyl (C=O) groups excluding carboxylic acids is 2. The molecule has 0 aliphatic rings. The number of ether oxygens (including phenoxy) is 1. The van der Waals surface area contributed by atoms with Gasteiger partial charge in [-0.05, 0) is 0 Å². The number of aliphatic hydroxyl groups is 4. The largest absolute Gasteiger partial charge is 0.467 e. The lowest BCUT2D eigenvalue weighted by atomic mass is 10.0. The maximum Gasteiger partial charge on any atom is 0.337 e. The van der Waals surface area contributed by atoms with E-state index in [1.54, 1.807) is 0 Å². The number of carbonyl (C=O) groups is 2. The monoisotopic (exact) mass is 308 g/mol. The summed E-state index contributed by atoms with van der Waals surface area (Å²) in [4.78, 5) is 22.5. The standard InChI is InChI=1S/C11H22N3O7/c1-21-11(20)9(18)7(16)6(15)8(17)10(19)14-5-4-13-3-2-12/h6-9,12-13,15-18H,2-5H2,1H3,(H,14,19)/t6-,7+,8-,9+/m0/s1. The van der Waals surface area contributed by atoms with Gasteiger partial charge in [-0.3, -0.25) is 10.5 Å². The molecule has 0 aliphatic carbocycles. The van der Waals surface area contributed by atoms with Crippen molar-refractivity contribution in [2.45, 2.75) is 24.4 Å². The van der Waals surface area contributed by atoms with E-state index in [1.807, 2.05) is 0 Å². The average Bonchev–Trinajstić information content (AvgIpc) is 2.50. The van der Waals surface area contributed by atoms with Gasteiger partial charge >= 0.3 is 5.97 Å². The van der Waals surface area contributed by atoms with Crippen molar-refractivity contribution in [2.75, 3.05) is 33.3 Å². The van der Waals surface area contributed by atoms with E-state index in [-0.39, 0.29) is 13.1 Å². The molecule has 0 aliphatic heterocycles. The Hall–Kier alpha value is -1.30.